The first-order valence-electron chi connectivity index (χ1n) is 9.93. The summed E-state index contributed by atoms with van der Waals surface area (Å²) in [4.78, 5) is 11.9. The van der Waals surface area contributed by atoms with Gasteiger partial charge in [0.1, 0.15) is 16.9 Å². The highest BCUT2D eigenvalue weighted by molar-refractivity contribution is 7.19. The van der Waals surface area contributed by atoms with E-state index in [1.165, 1.54) is 5.56 Å². The minimum absolute atomic E-state index is 0.555. The molecule has 1 saturated heterocycles. The summed E-state index contributed by atoms with van der Waals surface area (Å²) in [5.74, 6) is 0.894. The van der Waals surface area contributed by atoms with Crippen molar-refractivity contribution in [1.29, 1.82) is 5.26 Å². The summed E-state index contributed by atoms with van der Waals surface area (Å²) in [6.45, 7) is 5.01. The van der Waals surface area contributed by atoms with E-state index in [9.17, 15) is 5.26 Å². The van der Waals surface area contributed by atoms with Crippen molar-refractivity contribution >= 4 is 49.9 Å². The van der Waals surface area contributed by atoms with Crippen LogP contribution in [0.1, 0.15) is 16.1 Å². The molecule has 0 aliphatic carbocycles. The number of nitrogens with zero attached hydrogens (tertiary/aromatic N) is 4. The van der Waals surface area contributed by atoms with Crippen LogP contribution in [0, 0.1) is 18.3 Å². The number of benzene rings is 2. The third kappa shape index (κ3) is 3.54. The largest absolute Gasteiger partial charge is 0.378 e. The third-order valence-corrected chi connectivity index (χ3v) is 6.31. The second kappa shape index (κ2) is 7.86. The summed E-state index contributed by atoms with van der Waals surface area (Å²) >= 11 is 1.54. The molecule has 0 saturated carbocycles. The van der Waals surface area contributed by atoms with Crippen LogP contribution in [0.4, 0.5) is 5.82 Å². The van der Waals surface area contributed by atoms with Crippen molar-refractivity contribution in [1.82, 2.24) is 9.97 Å². The zero-order valence-corrected chi connectivity index (χ0v) is 17.4. The van der Waals surface area contributed by atoms with Gasteiger partial charge in [0.05, 0.1) is 34.5 Å². The number of thiazole rings is 1. The van der Waals surface area contributed by atoms with Crippen LogP contribution >= 0.6 is 11.3 Å². The number of ether oxygens (including phenoxy) is 1. The number of aromatic nitrogens is 2. The van der Waals surface area contributed by atoms with E-state index in [0.717, 1.165) is 50.6 Å². The Balaban J connectivity index is 1.66. The first kappa shape index (κ1) is 18.7. The average Bonchev–Trinajstić information content (AvgIpc) is 3.21. The van der Waals surface area contributed by atoms with E-state index in [4.69, 9.17) is 9.72 Å². The Labute approximate surface area is 178 Å². The van der Waals surface area contributed by atoms with Crippen molar-refractivity contribution in [2.24, 2.45) is 0 Å². The van der Waals surface area contributed by atoms with Gasteiger partial charge in [-0.3, -0.25) is 0 Å². The van der Waals surface area contributed by atoms with E-state index in [1.807, 2.05) is 30.3 Å². The Kier molecular flexibility index (Phi) is 4.91. The van der Waals surface area contributed by atoms with E-state index in [-0.39, 0.29) is 0 Å². The van der Waals surface area contributed by atoms with E-state index < -0.39 is 0 Å². The van der Waals surface area contributed by atoms with Gasteiger partial charge >= 0.3 is 0 Å². The first-order valence-corrected chi connectivity index (χ1v) is 10.7. The van der Waals surface area contributed by atoms with Crippen LogP contribution in [0.5, 0.6) is 0 Å². The maximum absolute atomic E-state index is 9.91. The number of pyridine rings is 1. The molecule has 1 fully saturated rings. The van der Waals surface area contributed by atoms with Crippen molar-refractivity contribution in [2.45, 2.75) is 6.92 Å². The number of nitriles is 1. The first-order chi connectivity index (χ1) is 14.7. The molecule has 0 spiro atoms. The van der Waals surface area contributed by atoms with Gasteiger partial charge in [-0.15, -0.1) is 11.3 Å². The zero-order valence-electron chi connectivity index (χ0n) is 16.6. The summed E-state index contributed by atoms with van der Waals surface area (Å²) in [7, 11) is 0. The predicted octanol–water partition coefficient (Wildman–Crippen LogP) is 5.05. The molecule has 0 N–H and O–H groups in total. The summed E-state index contributed by atoms with van der Waals surface area (Å²) < 4.78 is 6.61. The molecule has 5 nitrogen and oxygen atoms in total. The van der Waals surface area contributed by atoms with Crippen molar-refractivity contribution in [3.05, 3.63) is 64.7 Å². The summed E-state index contributed by atoms with van der Waals surface area (Å²) in [6, 6.07) is 18.7. The lowest BCUT2D eigenvalue weighted by molar-refractivity contribution is 0.122. The van der Waals surface area contributed by atoms with Gasteiger partial charge in [0, 0.05) is 24.0 Å². The van der Waals surface area contributed by atoms with Crippen LogP contribution in [0.15, 0.2) is 48.5 Å². The van der Waals surface area contributed by atoms with Gasteiger partial charge in [-0.2, -0.15) is 5.26 Å². The highest BCUT2D eigenvalue weighted by atomic mass is 32.1. The number of para-hydroxylation sites is 1. The summed E-state index contributed by atoms with van der Waals surface area (Å²) in [5.41, 5.74) is 4.55. The molecule has 0 amide bonds. The van der Waals surface area contributed by atoms with Crippen molar-refractivity contribution < 1.29 is 4.74 Å². The lowest BCUT2D eigenvalue weighted by Crippen LogP contribution is -2.37. The van der Waals surface area contributed by atoms with Crippen molar-refractivity contribution in [3.63, 3.8) is 0 Å². The topological polar surface area (TPSA) is 62.0 Å². The normalized spacial score (nSPS) is 14.9. The van der Waals surface area contributed by atoms with E-state index in [2.05, 4.69) is 47.1 Å². The Hall–Kier alpha value is -3.27. The van der Waals surface area contributed by atoms with Gasteiger partial charge in [0.25, 0.3) is 0 Å². The monoisotopic (exact) mass is 412 g/mol. The highest BCUT2D eigenvalue weighted by Crippen LogP contribution is 2.31. The number of fused-ring (bicyclic) bond motifs is 2. The molecule has 0 radical (unpaired) electrons. The van der Waals surface area contributed by atoms with Gasteiger partial charge in [0.2, 0.25) is 0 Å². The number of morpholine rings is 1. The van der Waals surface area contributed by atoms with E-state index in [0.29, 0.717) is 18.8 Å². The quantitative estimate of drug-likeness (QED) is 0.441. The molecular formula is C24H20N4OS. The van der Waals surface area contributed by atoms with E-state index in [1.54, 1.807) is 11.3 Å². The molecule has 0 atom stereocenters. The number of rotatable bonds is 3. The molecule has 0 bridgehead atoms. The van der Waals surface area contributed by atoms with Gasteiger partial charge in [-0.25, -0.2) is 9.97 Å². The number of hydrogen-bond acceptors (Lipinski definition) is 6. The van der Waals surface area contributed by atoms with Crippen LogP contribution in [0.3, 0.4) is 0 Å². The second-order valence-corrected chi connectivity index (χ2v) is 8.38. The standard InChI is InChI=1S/C24H20N4OS/c1-16-6-7-17-13-18(23(26-21(17)12-16)28-8-10-29-11-9-28)14-19(15-25)24-27-20-4-2-3-5-22(20)30-24/h2-7,12-14H,8-11H2,1H3/b19-14+. The van der Waals surface area contributed by atoms with Crippen LogP contribution in [-0.2, 0) is 4.74 Å². The van der Waals surface area contributed by atoms with Crippen molar-refractivity contribution in [3.8, 4) is 6.07 Å². The van der Waals surface area contributed by atoms with Crippen LogP contribution in [0.25, 0.3) is 32.8 Å². The highest BCUT2D eigenvalue weighted by Gasteiger charge is 2.18. The lowest BCUT2D eigenvalue weighted by Gasteiger charge is -2.29. The van der Waals surface area contributed by atoms with Gasteiger partial charge in [-0.1, -0.05) is 24.3 Å². The van der Waals surface area contributed by atoms with Gasteiger partial charge in [0.15, 0.2) is 0 Å². The molecule has 3 heterocycles. The fraction of sp³-hybridized carbons (Fsp3) is 0.208. The van der Waals surface area contributed by atoms with Crippen molar-refractivity contribution in [2.75, 3.05) is 31.2 Å². The number of aryl methyl sites for hydroxylation is 1. The molecular weight excluding hydrogens is 392 g/mol. The molecule has 148 valence electrons. The molecule has 30 heavy (non-hydrogen) atoms. The zero-order chi connectivity index (χ0) is 20.5. The minimum atomic E-state index is 0.555. The third-order valence-electron chi connectivity index (χ3n) is 5.24. The Morgan fingerprint density at radius 1 is 1.10 bits per heavy atom. The molecule has 1 aliphatic heterocycles. The maximum atomic E-state index is 9.91. The average molecular weight is 413 g/mol. The number of anilines is 1. The van der Waals surface area contributed by atoms with Gasteiger partial charge < -0.3 is 9.64 Å². The summed E-state index contributed by atoms with van der Waals surface area (Å²) in [6.07, 6.45) is 1.93. The molecule has 4 aromatic rings. The van der Waals surface area contributed by atoms with Crippen LogP contribution < -0.4 is 4.90 Å². The summed E-state index contributed by atoms with van der Waals surface area (Å²) in [5, 5.41) is 11.7. The second-order valence-electron chi connectivity index (χ2n) is 7.35. The number of allylic oxidation sites excluding steroid dienone is 1. The molecule has 1 aliphatic rings. The fourth-order valence-corrected chi connectivity index (χ4v) is 4.63. The van der Waals surface area contributed by atoms with E-state index >= 15 is 0 Å². The molecule has 6 heteroatoms. The Bertz CT molecular complexity index is 1280. The maximum Gasteiger partial charge on any atom is 0.136 e. The number of hydrogen-bond donors (Lipinski definition) is 0. The van der Waals surface area contributed by atoms with Crippen LogP contribution in [0.2, 0.25) is 0 Å². The SMILES string of the molecule is Cc1ccc2cc(/C=C(\C#N)c3nc4ccccc4s3)c(N3CCOCC3)nc2c1. The smallest absolute Gasteiger partial charge is 0.136 e. The lowest BCUT2D eigenvalue weighted by atomic mass is 10.1. The Morgan fingerprint density at radius 3 is 2.73 bits per heavy atom. The fourth-order valence-electron chi connectivity index (χ4n) is 3.70. The molecule has 2 aromatic heterocycles. The predicted molar refractivity (Wildman–Crippen MR) is 123 cm³/mol. The van der Waals surface area contributed by atoms with Crippen LogP contribution in [-0.4, -0.2) is 36.3 Å². The van der Waals surface area contributed by atoms with Gasteiger partial charge in [-0.05, 0) is 42.8 Å². The Morgan fingerprint density at radius 2 is 1.93 bits per heavy atom. The minimum Gasteiger partial charge on any atom is -0.378 e. The molecule has 5 rings (SSSR count). The molecule has 2 aromatic carbocycles. The molecule has 0 unspecified atom stereocenters.